The molecule has 18 heavy (non-hydrogen) atoms. The van der Waals surface area contributed by atoms with E-state index in [1.165, 1.54) is 28.9 Å². The fourth-order valence-corrected chi connectivity index (χ4v) is 1.64. The zero-order valence-electron chi connectivity index (χ0n) is 8.89. The Hall–Kier alpha value is -2.57. The number of H-pyrrole nitrogens is 1. The topological polar surface area (TPSA) is 63.0 Å². The van der Waals surface area contributed by atoms with Gasteiger partial charge in [0.25, 0.3) is 5.56 Å². The third-order valence-electron chi connectivity index (χ3n) is 2.47. The first-order valence-corrected chi connectivity index (χ1v) is 5.03. The van der Waals surface area contributed by atoms with Gasteiger partial charge in [-0.05, 0) is 12.1 Å². The van der Waals surface area contributed by atoms with E-state index in [0.717, 1.165) is 6.20 Å². The molecule has 1 N–H and O–H groups in total. The Morgan fingerprint density at radius 2 is 2.00 bits per heavy atom. The lowest BCUT2D eigenvalue weighted by atomic mass is 10.4. The SMILES string of the molecule is O=c1[nH]c(-c2cnc3ccc(F)cn23)ncc1F. The van der Waals surface area contributed by atoms with E-state index >= 15 is 0 Å². The number of aromatic amines is 1. The molecule has 3 aromatic rings. The highest BCUT2D eigenvalue weighted by atomic mass is 19.1. The van der Waals surface area contributed by atoms with Gasteiger partial charge in [0.1, 0.15) is 17.2 Å². The number of hydrogen-bond donors (Lipinski definition) is 1. The molecule has 0 aliphatic rings. The van der Waals surface area contributed by atoms with E-state index in [-0.39, 0.29) is 5.82 Å². The number of nitrogens with one attached hydrogen (secondary N) is 1. The highest BCUT2D eigenvalue weighted by Crippen LogP contribution is 2.16. The van der Waals surface area contributed by atoms with E-state index in [4.69, 9.17) is 0 Å². The quantitative estimate of drug-likeness (QED) is 0.707. The normalized spacial score (nSPS) is 11.0. The number of hydrogen-bond acceptors (Lipinski definition) is 3. The van der Waals surface area contributed by atoms with Crippen LogP contribution >= 0.6 is 0 Å². The Labute approximate surface area is 98.8 Å². The molecule has 90 valence electrons. The fraction of sp³-hybridized carbons (Fsp3) is 0. The van der Waals surface area contributed by atoms with Crippen LogP contribution in [0.15, 0.2) is 35.5 Å². The average Bonchev–Trinajstić information content (AvgIpc) is 2.75. The summed E-state index contributed by atoms with van der Waals surface area (Å²) >= 11 is 0. The third kappa shape index (κ3) is 1.56. The molecule has 0 unspecified atom stereocenters. The first-order valence-electron chi connectivity index (χ1n) is 5.03. The van der Waals surface area contributed by atoms with Crippen LogP contribution in [0.2, 0.25) is 0 Å². The minimum absolute atomic E-state index is 0.125. The van der Waals surface area contributed by atoms with Gasteiger partial charge in [-0.15, -0.1) is 0 Å². The molecule has 0 aliphatic carbocycles. The van der Waals surface area contributed by atoms with E-state index in [0.29, 0.717) is 11.3 Å². The number of nitrogens with zero attached hydrogens (tertiary/aromatic N) is 3. The zero-order chi connectivity index (χ0) is 12.7. The Balaban J connectivity index is 2.28. The Morgan fingerprint density at radius 3 is 2.78 bits per heavy atom. The number of pyridine rings is 1. The van der Waals surface area contributed by atoms with Crippen LogP contribution in [0.4, 0.5) is 8.78 Å². The summed E-state index contributed by atoms with van der Waals surface area (Å²) in [4.78, 5) is 21.2. The molecule has 3 heterocycles. The van der Waals surface area contributed by atoms with Gasteiger partial charge in [-0.25, -0.2) is 14.4 Å². The van der Waals surface area contributed by atoms with Crippen LogP contribution in [0.1, 0.15) is 0 Å². The second-order valence-corrected chi connectivity index (χ2v) is 3.63. The monoisotopic (exact) mass is 248 g/mol. The smallest absolute Gasteiger partial charge is 0.287 e. The van der Waals surface area contributed by atoms with Crippen molar-refractivity contribution in [3.8, 4) is 11.5 Å². The van der Waals surface area contributed by atoms with Crippen LogP contribution in [0.3, 0.4) is 0 Å². The second kappa shape index (κ2) is 3.73. The van der Waals surface area contributed by atoms with Crippen molar-refractivity contribution in [3.63, 3.8) is 0 Å². The van der Waals surface area contributed by atoms with Crippen molar-refractivity contribution in [1.29, 1.82) is 0 Å². The predicted octanol–water partition coefficient (Wildman–Crippen LogP) is 1.36. The van der Waals surface area contributed by atoms with Crippen LogP contribution in [0, 0.1) is 11.6 Å². The second-order valence-electron chi connectivity index (χ2n) is 3.63. The molecule has 5 nitrogen and oxygen atoms in total. The summed E-state index contributed by atoms with van der Waals surface area (Å²) in [7, 11) is 0. The molecule has 0 spiro atoms. The standard InChI is InChI=1S/C11H6F2N4O/c12-6-1-2-9-14-4-8(17(9)5-6)10-15-3-7(13)11(18)16-10/h1-5H,(H,15,16,18). The fourth-order valence-electron chi connectivity index (χ4n) is 1.64. The zero-order valence-corrected chi connectivity index (χ0v) is 8.89. The summed E-state index contributed by atoms with van der Waals surface area (Å²) < 4.78 is 27.4. The molecule has 3 aromatic heterocycles. The van der Waals surface area contributed by atoms with Gasteiger partial charge in [-0.1, -0.05) is 0 Å². The Morgan fingerprint density at radius 1 is 1.17 bits per heavy atom. The van der Waals surface area contributed by atoms with E-state index in [1.54, 1.807) is 0 Å². The van der Waals surface area contributed by atoms with Crippen LogP contribution in [0.5, 0.6) is 0 Å². The first kappa shape index (κ1) is 10.6. The van der Waals surface area contributed by atoms with Crippen LogP contribution in [0.25, 0.3) is 17.2 Å². The molecular weight excluding hydrogens is 242 g/mol. The molecule has 0 saturated carbocycles. The molecule has 0 fully saturated rings. The summed E-state index contributed by atoms with van der Waals surface area (Å²) in [6.07, 6.45) is 3.44. The maximum absolute atomic E-state index is 13.2. The van der Waals surface area contributed by atoms with Gasteiger partial charge >= 0.3 is 0 Å². The van der Waals surface area contributed by atoms with Crippen LogP contribution in [-0.4, -0.2) is 19.4 Å². The molecular formula is C11H6F2N4O. The number of rotatable bonds is 1. The molecule has 0 aromatic carbocycles. The highest BCUT2D eigenvalue weighted by Gasteiger charge is 2.10. The molecule has 0 amide bonds. The molecule has 0 bridgehead atoms. The maximum Gasteiger partial charge on any atom is 0.287 e. The van der Waals surface area contributed by atoms with Gasteiger partial charge in [-0.3, -0.25) is 9.20 Å². The van der Waals surface area contributed by atoms with Crippen molar-refractivity contribution in [3.05, 3.63) is 52.7 Å². The van der Waals surface area contributed by atoms with Crippen LogP contribution < -0.4 is 5.56 Å². The van der Waals surface area contributed by atoms with Crippen LogP contribution in [-0.2, 0) is 0 Å². The Kier molecular flexibility index (Phi) is 2.19. The third-order valence-corrected chi connectivity index (χ3v) is 2.47. The summed E-state index contributed by atoms with van der Waals surface area (Å²) in [6, 6.07) is 2.76. The van der Waals surface area contributed by atoms with Gasteiger partial charge in [0.15, 0.2) is 5.82 Å². The molecule has 0 atom stereocenters. The molecule has 0 radical (unpaired) electrons. The summed E-state index contributed by atoms with van der Waals surface area (Å²) in [5, 5.41) is 0. The maximum atomic E-state index is 13.2. The lowest BCUT2D eigenvalue weighted by molar-refractivity contribution is 0.600. The van der Waals surface area contributed by atoms with Crippen molar-refractivity contribution in [1.82, 2.24) is 19.4 Å². The van der Waals surface area contributed by atoms with Gasteiger partial charge in [0, 0.05) is 6.20 Å². The summed E-state index contributed by atoms with van der Waals surface area (Å²) in [5.41, 5.74) is -0.00803. The molecule has 3 rings (SSSR count). The van der Waals surface area contributed by atoms with Crippen molar-refractivity contribution in [2.75, 3.05) is 0 Å². The predicted molar refractivity (Wildman–Crippen MR) is 59.0 cm³/mol. The first-order chi connectivity index (χ1) is 8.65. The summed E-state index contributed by atoms with van der Waals surface area (Å²) in [6.45, 7) is 0. The lowest BCUT2D eigenvalue weighted by Gasteiger charge is -2.00. The van der Waals surface area contributed by atoms with E-state index in [1.807, 2.05) is 0 Å². The summed E-state index contributed by atoms with van der Waals surface area (Å²) in [5.74, 6) is -1.30. The largest absolute Gasteiger partial charge is 0.303 e. The van der Waals surface area contributed by atoms with E-state index < -0.39 is 17.2 Å². The Bertz CT molecular complexity index is 793. The van der Waals surface area contributed by atoms with Crippen molar-refractivity contribution in [2.45, 2.75) is 0 Å². The minimum Gasteiger partial charge on any atom is -0.303 e. The average molecular weight is 248 g/mol. The van der Waals surface area contributed by atoms with Crippen molar-refractivity contribution < 1.29 is 8.78 Å². The van der Waals surface area contributed by atoms with Gasteiger partial charge in [-0.2, -0.15) is 4.39 Å². The van der Waals surface area contributed by atoms with Gasteiger partial charge in [0.05, 0.1) is 12.4 Å². The number of halogens is 2. The number of aromatic nitrogens is 4. The molecule has 0 aliphatic heterocycles. The number of fused-ring (bicyclic) bond motifs is 1. The van der Waals surface area contributed by atoms with Crippen molar-refractivity contribution in [2.24, 2.45) is 0 Å². The molecule has 0 saturated heterocycles. The van der Waals surface area contributed by atoms with Gasteiger partial charge < -0.3 is 4.98 Å². The van der Waals surface area contributed by atoms with E-state index in [2.05, 4.69) is 15.0 Å². The van der Waals surface area contributed by atoms with E-state index in [9.17, 15) is 13.6 Å². The highest BCUT2D eigenvalue weighted by molar-refractivity contribution is 5.56. The number of imidazole rings is 1. The lowest BCUT2D eigenvalue weighted by Crippen LogP contribution is -2.12. The van der Waals surface area contributed by atoms with Crippen molar-refractivity contribution >= 4 is 5.65 Å². The van der Waals surface area contributed by atoms with Gasteiger partial charge in [0.2, 0.25) is 5.82 Å². The molecule has 7 heteroatoms. The minimum atomic E-state index is -0.973.